The molecule has 0 N–H and O–H groups in total. The van der Waals surface area contributed by atoms with Gasteiger partial charge in [0.15, 0.2) is 0 Å². The lowest BCUT2D eigenvalue weighted by Crippen LogP contribution is -2.29. The Hall–Kier alpha value is -1.64. The van der Waals surface area contributed by atoms with Crippen molar-refractivity contribution in [2.45, 2.75) is 26.3 Å². The summed E-state index contributed by atoms with van der Waals surface area (Å²) in [5, 5.41) is 1.09. The molecular weight excluding hydrogens is 198 g/mol. The maximum Gasteiger partial charge on any atom is 0.225 e. The maximum absolute atomic E-state index is 4.56. The highest BCUT2D eigenvalue weighted by molar-refractivity contribution is 5.78. The number of anilines is 1. The molecule has 0 aliphatic carbocycles. The Bertz CT molecular complexity index is 481. The SMILES string of the molecule is CCC(C)N(C)c1ncc2ccccc2n1. The van der Waals surface area contributed by atoms with Crippen LogP contribution in [0, 0.1) is 0 Å². The van der Waals surface area contributed by atoms with E-state index in [1.165, 1.54) is 0 Å². The molecule has 0 amide bonds. The van der Waals surface area contributed by atoms with Gasteiger partial charge in [-0.25, -0.2) is 9.97 Å². The molecule has 84 valence electrons. The highest BCUT2D eigenvalue weighted by Gasteiger charge is 2.10. The topological polar surface area (TPSA) is 29.0 Å². The van der Waals surface area contributed by atoms with Crippen molar-refractivity contribution in [2.24, 2.45) is 0 Å². The molecule has 1 unspecified atom stereocenters. The standard InChI is InChI=1S/C13H17N3/c1-4-10(2)16(3)13-14-9-11-7-5-6-8-12(11)15-13/h5-10H,4H2,1-3H3. The van der Waals surface area contributed by atoms with E-state index in [9.17, 15) is 0 Å². The molecule has 1 aromatic heterocycles. The summed E-state index contributed by atoms with van der Waals surface area (Å²) >= 11 is 0. The molecule has 0 saturated carbocycles. The smallest absolute Gasteiger partial charge is 0.225 e. The summed E-state index contributed by atoms with van der Waals surface area (Å²) in [5.41, 5.74) is 1.00. The first kappa shape index (κ1) is 10.9. The van der Waals surface area contributed by atoms with Gasteiger partial charge in [0.2, 0.25) is 5.95 Å². The third kappa shape index (κ3) is 1.98. The van der Waals surface area contributed by atoms with Crippen LogP contribution in [-0.2, 0) is 0 Å². The number of hydrogen-bond acceptors (Lipinski definition) is 3. The lowest BCUT2D eigenvalue weighted by molar-refractivity contribution is 0.650. The monoisotopic (exact) mass is 215 g/mol. The first-order chi connectivity index (χ1) is 7.72. The van der Waals surface area contributed by atoms with Gasteiger partial charge in [0.25, 0.3) is 0 Å². The third-order valence-electron chi connectivity index (χ3n) is 3.04. The average Bonchev–Trinajstić information content (AvgIpc) is 2.36. The fourth-order valence-corrected chi connectivity index (χ4v) is 1.60. The lowest BCUT2D eigenvalue weighted by Gasteiger charge is -2.23. The van der Waals surface area contributed by atoms with Gasteiger partial charge >= 0.3 is 0 Å². The molecule has 3 nitrogen and oxygen atoms in total. The maximum atomic E-state index is 4.56. The lowest BCUT2D eigenvalue weighted by atomic mass is 10.2. The van der Waals surface area contributed by atoms with Crippen LogP contribution in [0.2, 0.25) is 0 Å². The molecule has 16 heavy (non-hydrogen) atoms. The Kier molecular flexibility index (Phi) is 3.04. The summed E-state index contributed by atoms with van der Waals surface area (Å²) in [6.45, 7) is 4.35. The quantitative estimate of drug-likeness (QED) is 0.788. The Labute approximate surface area is 96.1 Å². The van der Waals surface area contributed by atoms with E-state index in [-0.39, 0.29) is 0 Å². The van der Waals surface area contributed by atoms with Crippen molar-refractivity contribution in [3.63, 3.8) is 0 Å². The van der Waals surface area contributed by atoms with E-state index in [4.69, 9.17) is 0 Å². The summed E-state index contributed by atoms with van der Waals surface area (Å²) in [7, 11) is 2.04. The Balaban J connectivity index is 2.39. The van der Waals surface area contributed by atoms with Crippen molar-refractivity contribution in [1.82, 2.24) is 9.97 Å². The fraction of sp³-hybridized carbons (Fsp3) is 0.385. The predicted octanol–water partition coefficient (Wildman–Crippen LogP) is 2.86. The number of fused-ring (bicyclic) bond motifs is 1. The molecule has 1 atom stereocenters. The van der Waals surface area contributed by atoms with Crippen LogP contribution in [0.4, 0.5) is 5.95 Å². The number of nitrogens with zero attached hydrogens (tertiary/aromatic N) is 3. The van der Waals surface area contributed by atoms with Crippen LogP contribution in [0.1, 0.15) is 20.3 Å². The van der Waals surface area contributed by atoms with Crippen LogP contribution in [0.15, 0.2) is 30.5 Å². The Morgan fingerprint density at radius 2 is 2.06 bits per heavy atom. The van der Waals surface area contributed by atoms with Gasteiger partial charge in [-0.05, 0) is 19.4 Å². The van der Waals surface area contributed by atoms with E-state index < -0.39 is 0 Å². The molecular formula is C13H17N3. The van der Waals surface area contributed by atoms with E-state index in [1.54, 1.807) is 0 Å². The third-order valence-corrected chi connectivity index (χ3v) is 3.04. The molecule has 3 heteroatoms. The molecule has 2 aromatic rings. The first-order valence-electron chi connectivity index (χ1n) is 5.67. The van der Waals surface area contributed by atoms with Gasteiger partial charge in [-0.15, -0.1) is 0 Å². The van der Waals surface area contributed by atoms with E-state index in [1.807, 2.05) is 37.5 Å². The van der Waals surface area contributed by atoms with Gasteiger partial charge in [-0.3, -0.25) is 0 Å². The van der Waals surface area contributed by atoms with Gasteiger partial charge < -0.3 is 4.90 Å². The average molecular weight is 215 g/mol. The van der Waals surface area contributed by atoms with Crippen molar-refractivity contribution in [3.8, 4) is 0 Å². The Morgan fingerprint density at radius 1 is 1.31 bits per heavy atom. The predicted molar refractivity (Wildman–Crippen MR) is 67.7 cm³/mol. The van der Waals surface area contributed by atoms with Crippen LogP contribution in [0.25, 0.3) is 10.9 Å². The summed E-state index contributed by atoms with van der Waals surface area (Å²) in [5.74, 6) is 0.799. The molecule has 1 aromatic carbocycles. The molecule has 2 rings (SSSR count). The molecule has 0 spiro atoms. The zero-order chi connectivity index (χ0) is 11.5. The van der Waals surface area contributed by atoms with E-state index >= 15 is 0 Å². The van der Waals surface area contributed by atoms with Gasteiger partial charge in [-0.1, -0.05) is 25.1 Å². The normalized spacial score (nSPS) is 12.7. The minimum absolute atomic E-state index is 0.459. The summed E-state index contributed by atoms with van der Waals surface area (Å²) in [6.07, 6.45) is 2.98. The number of para-hydroxylation sites is 1. The second-order valence-electron chi connectivity index (χ2n) is 4.10. The Morgan fingerprint density at radius 3 is 2.81 bits per heavy atom. The second-order valence-corrected chi connectivity index (χ2v) is 4.10. The second kappa shape index (κ2) is 4.47. The van der Waals surface area contributed by atoms with Gasteiger partial charge in [0, 0.05) is 24.7 Å². The van der Waals surface area contributed by atoms with E-state index in [0.717, 1.165) is 23.3 Å². The molecule has 0 radical (unpaired) electrons. The summed E-state index contributed by atoms with van der Waals surface area (Å²) in [4.78, 5) is 11.1. The van der Waals surface area contributed by atoms with Crippen LogP contribution < -0.4 is 4.90 Å². The molecule has 0 fully saturated rings. The van der Waals surface area contributed by atoms with E-state index in [0.29, 0.717) is 6.04 Å². The number of hydrogen-bond donors (Lipinski definition) is 0. The zero-order valence-corrected chi connectivity index (χ0v) is 10.0. The van der Waals surface area contributed by atoms with Gasteiger partial charge in [-0.2, -0.15) is 0 Å². The van der Waals surface area contributed by atoms with Crippen LogP contribution in [-0.4, -0.2) is 23.1 Å². The van der Waals surface area contributed by atoms with Crippen molar-refractivity contribution in [1.29, 1.82) is 0 Å². The number of rotatable bonds is 3. The minimum Gasteiger partial charge on any atom is -0.341 e. The minimum atomic E-state index is 0.459. The van der Waals surface area contributed by atoms with Crippen molar-refractivity contribution >= 4 is 16.9 Å². The van der Waals surface area contributed by atoms with E-state index in [2.05, 4.69) is 28.7 Å². The van der Waals surface area contributed by atoms with Crippen LogP contribution in [0.3, 0.4) is 0 Å². The van der Waals surface area contributed by atoms with Crippen molar-refractivity contribution < 1.29 is 0 Å². The summed E-state index contributed by atoms with van der Waals surface area (Å²) in [6, 6.07) is 8.51. The van der Waals surface area contributed by atoms with Gasteiger partial charge in [0.05, 0.1) is 5.52 Å². The van der Waals surface area contributed by atoms with Crippen molar-refractivity contribution in [3.05, 3.63) is 30.5 Å². The van der Waals surface area contributed by atoms with Crippen molar-refractivity contribution in [2.75, 3.05) is 11.9 Å². The zero-order valence-electron chi connectivity index (χ0n) is 10.0. The highest BCUT2D eigenvalue weighted by Crippen LogP contribution is 2.15. The molecule has 0 aliphatic heterocycles. The summed E-state index contributed by atoms with van der Waals surface area (Å²) < 4.78 is 0. The molecule has 0 bridgehead atoms. The molecule has 0 aliphatic rings. The van der Waals surface area contributed by atoms with Crippen LogP contribution >= 0.6 is 0 Å². The van der Waals surface area contributed by atoms with Crippen LogP contribution in [0.5, 0.6) is 0 Å². The first-order valence-corrected chi connectivity index (χ1v) is 5.67. The van der Waals surface area contributed by atoms with Gasteiger partial charge in [0.1, 0.15) is 0 Å². The highest BCUT2D eigenvalue weighted by atomic mass is 15.2. The largest absolute Gasteiger partial charge is 0.341 e. The number of aromatic nitrogens is 2. The number of benzene rings is 1. The molecule has 0 saturated heterocycles. The fourth-order valence-electron chi connectivity index (χ4n) is 1.60. The molecule has 1 heterocycles.